The van der Waals surface area contributed by atoms with Crippen LogP contribution in [0.3, 0.4) is 0 Å². The summed E-state index contributed by atoms with van der Waals surface area (Å²) in [6, 6.07) is -0.794. The fourth-order valence-electron chi connectivity index (χ4n) is 8.34. The van der Waals surface area contributed by atoms with Gasteiger partial charge in [0.2, 0.25) is 5.91 Å². The number of aliphatic hydroxyl groups excluding tert-OH is 1. The summed E-state index contributed by atoms with van der Waals surface area (Å²) in [5.74, 6) is -0.158. The van der Waals surface area contributed by atoms with Gasteiger partial charge in [0.25, 0.3) is 7.82 Å². The summed E-state index contributed by atoms with van der Waals surface area (Å²) in [5.41, 5.74) is 0. The number of hydrogen-bond acceptors (Lipinski definition) is 6. The van der Waals surface area contributed by atoms with Gasteiger partial charge in [-0.05, 0) is 12.8 Å². The number of nitrogens with zero attached hydrogens (tertiary/aromatic N) is 1. The second kappa shape index (κ2) is 44.7. The average Bonchev–Trinajstić information content (AvgIpc) is 3.21. The molecule has 0 fully saturated rings. The molecule has 0 saturated carbocycles. The Morgan fingerprint density at radius 1 is 0.508 bits per heavy atom. The van der Waals surface area contributed by atoms with Crippen LogP contribution < -0.4 is 10.2 Å². The van der Waals surface area contributed by atoms with E-state index in [1.807, 2.05) is 21.1 Å². The quantitative estimate of drug-likeness (QED) is 0.0358. The molecular weight excluding hydrogens is 780 g/mol. The van der Waals surface area contributed by atoms with Gasteiger partial charge in [0.05, 0.1) is 39.9 Å². The summed E-state index contributed by atoms with van der Waals surface area (Å²) in [6.07, 6.45) is 51.2. The number of phosphoric ester groups is 1. The topological polar surface area (TPSA) is 108 Å². The van der Waals surface area contributed by atoms with Gasteiger partial charge in [-0.15, -0.1) is 0 Å². The lowest BCUT2D eigenvalue weighted by atomic mass is 10.0. The first kappa shape index (κ1) is 60.5. The largest absolute Gasteiger partial charge is 0.756 e. The van der Waals surface area contributed by atoms with Crippen molar-refractivity contribution in [2.45, 2.75) is 289 Å². The van der Waals surface area contributed by atoms with Crippen molar-refractivity contribution < 1.29 is 32.9 Å². The maximum absolute atomic E-state index is 12.9. The Balaban J connectivity index is 4.13. The molecule has 2 N–H and O–H groups in total. The number of aliphatic hydroxyl groups is 1. The van der Waals surface area contributed by atoms with Crippen molar-refractivity contribution >= 4 is 13.7 Å². The summed E-state index contributed by atoms with van der Waals surface area (Å²) in [5, 5.41) is 14.0. The van der Waals surface area contributed by atoms with Crippen molar-refractivity contribution in [3.8, 4) is 0 Å². The van der Waals surface area contributed by atoms with Crippen LogP contribution in [0.15, 0.2) is 0 Å². The standard InChI is InChI=1S/C52H107N2O6P/c1-6-8-10-12-14-16-18-20-22-23-24-25-26-27-28-29-30-32-34-36-38-40-42-44-46-52(56)53-50(49-60-61(57,58)59-48-47-54(3,4)5)51(55)45-43-41-39-37-35-33-31-21-19-17-15-13-11-9-7-2/h50-51,55H,6-49H2,1-5H3,(H-,53,56,57,58). The van der Waals surface area contributed by atoms with Gasteiger partial charge in [-0.25, -0.2) is 0 Å². The second-order valence-electron chi connectivity index (χ2n) is 20.0. The molecule has 0 aliphatic rings. The first-order valence-electron chi connectivity index (χ1n) is 26.9. The van der Waals surface area contributed by atoms with Crippen LogP contribution in [0.1, 0.15) is 277 Å². The van der Waals surface area contributed by atoms with E-state index >= 15 is 0 Å². The fraction of sp³-hybridized carbons (Fsp3) is 0.981. The third-order valence-electron chi connectivity index (χ3n) is 12.6. The Morgan fingerprint density at radius 3 is 1.11 bits per heavy atom. The Hall–Kier alpha value is -0.500. The van der Waals surface area contributed by atoms with Gasteiger partial charge in [-0.1, -0.05) is 258 Å². The molecule has 1 amide bonds. The Bertz CT molecular complexity index is 963. The van der Waals surface area contributed by atoms with Crippen LogP contribution in [-0.4, -0.2) is 68.5 Å². The zero-order chi connectivity index (χ0) is 45.0. The van der Waals surface area contributed by atoms with Crippen LogP contribution in [0, 0.1) is 0 Å². The van der Waals surface area contributed by atoms with Crippen molar-refractivity contribution in [3.63, 3.8) is 0 Å². The predicted molar refractivity (Wildman–Crippen MR) is 261 cm³/mol. The molecule has 0 radical (unpaired) electrons. The maximum atomic E-state index is 12.9. The number of hydrogen-bond donors (Lipinski definition) is 2. The van der Waals surface area contributed by atoms with E-state index in [2.05, 4.69) is 19.2 Å². The Morgan fingerprint density at radius 2 is 0.803 bits per heavy atom. The summed E-state index contributed by atoms with van der Waals surface area (Å²) >= 11 is 0. The molecule has 0 bridgehead atoms. The lowest BCUT2D eigenvalue weighted by Crippen LogP contribution is -2.46. The molecule has 0 aromatic carbocycles. The second-order valence-corrected chi connectivity index (χ2v) is 21.4. The number of rotatable bonds is 50. The number of unbranched alkanes of at least 4 members (excludes halogenated alkanes) is 37. The van der Waals surface area contributed by atoms with E-state index < -0.39 is 20.0 Å². The smallest absolute Gasteiger partial charge is 0.268 e. The summed E-state index contributed by atoms with van der Waals surface area (Å²) in [7, 11) is 1.32. The summed E-state index contributed by atoms with van der Waals surface area (Å²) < 4.78 is 23.4. The van der Waals surface area contributed by atoms with Gasteiger partial charge in [0.15, 0.2) is 0 Å². The molecule has 3 atom stereocenters. The van der Waals surface area contributed by atoms with Gasteiger partial charge in [-0.3, -0.25) is 9.36 Å². The van der Waals surface area contributed by atoms with Crippen molar-refractivity contribution in [1.29, 1.82) is 0 Å². The van der Waals surface area contributed by atoms with Crippen molar-refractivity contribution in [2.75, 3.05) is 40.9 Å². The highest BCUT2D eigenvalue weighted by Gasteiger charge is 2.24. The van der Waals surface area contributed by atoms with Crippen LogP contribution in [0.25, 0.3) is 0 Å². The lowest BCUT2D eigenvalue weighted by Gasteiger charge is -2.30. The summed E-state index contributed by atoms with van der Waals surface area (Å²) in [6.45, 7) is 4.76. The van der Waals surface area contributed by atoms with Crippen LogP contribution in [-0.2, 0) is 18.4 Å². The highest BCUT2D eigenvalue weighted by Crippen LogP contribution is 2.38. The third-order valence-corrected chi connectivity index (χ3v) is 13.6. The molecule has 0 aliphatic carbocycles. The van der Waals surface area contributed by atoms with E-state index in [1.165, 1.54) is 212 Å². The number of nitrogens with one attached hydrogen (secondary N) is 1. The lowest BCUT2D eigenvalue weighted by molar-refractivity contribution is -0.870. The van der Waals surface area contributed by atoms with Gasteiger partial charge in [0, 0.05) is 6.42 Å². The summed E-state index contributed by atoms with van der Waals surface area (Å²) in [4.78, 5) is 25.5. The minimum Gasteiger partial charge on any atom is -0.756 e. The monoisotopic (exact) mass is 887 g/mol. The fourth-order valence-corrected chi connectivity index (χ4v) is 9.06. The minimum atomic E-state index is -4.56. The normalized spacial score (nSPS) is 14.0. The number of carbonyl (C=O) groups is 1. The van der Waals surface area contributed by atoms with Gasteiger partial charge < -0.3 is 28.8 Å². The van der Waals surface area contributed by atoms with Gasteiger partial charge >= 0.3 is 0 Å². The number of likely N-dealkylation sites (N-methyl/N-ethyl adjacent to an activating group) is 1. The van der Waals surface area contributed by atoms with Gasteiger partial charge in [0.1, 0.15) is 13.2 Å². The Labute approximate surface area is 380 Å². The predicted octanol–water partition coefficient (Wildman–Crippen LogP) is 15.1. The number of carbonyl (C=O) groups excluding carboxylic acids is 1. The third kappa shape index (κ3) is 47.3. The van der Waals surface area contributed by atoms with Crippen molar-refractivity contribution in [2.24, 2.45) is 0 Å². The van der Waals surface area contributed by atoms with Crippen molar-refractivity contribution in [3.05, 3.63) is 0 Å². The van der Waals surface area contributed by atoms with Crippen LogP contribution in [0.5, 0.6) is 0 Å². The molecule has 0 spiro atoms. The molecule has 9 heteroatoms. The van der Waals surface area contributed by atoms with Crippen LogP contribution in [0.4, 0.5) is 0 Å². The number of quaternary nitrogens is 1. The molecule has 0 aromatic heterocycles. The molecule has 0 aliphatic heterocycles. The minimum absolute atomic E-state index is 0.0164. The van der Waals surface area contributed by atoms with Crippen molar-refractivity contribution in [1.82, 2.24) is 5.32 Å². The molecule has 61 heavy (non-hydrogen) atoms. The van der Waals surface area contributed by atoms with E-state index in [1.54, 1.807) is 0 Å². The molecule has 0 heterocycles. The van der Waals surface area contributed by atoms with E-state index in [0.717, 1.165) is 38.5 Å². The zero-order valence-electron chi connectivity index (χ0n) is 41.7. The molecule has 366 valence electrons. The Kier molecular flexibility index (Phi) is 44.3. The highest BCUT2D eigenvalue weighted by molar-refractivity contribution is 7.45. The van der Waals surface area contributed by atoms with E-state index in [4.69, 9.17) is 9.05 Å². The SMILES string of the molecule is CCCCCCCCCCCCCCCCCCCCCCCCCCC(=O)NC(COP(=O)([O-])OCC[N+](C)(C)C)C(O)CCCCCCCCCCCCCCCCC. The molecule has 0 saturated heterocycles. The van der Waals surface area contributed by atoms with E-state index in [-0.39, 0.29) is 19.1 Å². The first-order valence-corrected chi connectivity index (χ1v) is 28.3. The average molecular weight is 887 g/mol. The number of amides is 1. The first-order chi connectivity index (χ1) is 29.5. The van der Waals surface area contributed by atoms with Gasteiger partial charge in [-0.2, -0.15) is 0 Å². The molecule has 8 nitrogen and oxygen atoms in total. The van der Waals surface area contributed by atoms with E-state index in [9.17, 15) is 19.4 Å². The van der Waals surface area contributed by atoms with E-state index in [0.29, 0.717) is 23.9 Å². The zero-order valence-corrected chi connectivity index (χ0v) is 42.5. The molecular formula is C52H107N2O6P. The molecule has 0 aromatic rings. The van der Waals surface area contributed by atoms with Crippen LogP contribution in [0.2, 0.25) is 0 Å². The highest BCUT2D eigenvalue weighted by atomic mass is 31.2. The van der Waals surface area contributed by atoms with Crippen LogP contribution >= 0.6 is 7.82 Å². The molecule has 3 unspecified atom stereocenters. The molecule has 0 rings (SSSR count). The number of phosphoric acid groups is 1. The maximum Gasteiger partial charge on any atom is 0.268 e.